The molecule has 2 N–H and O–H groups in total. The van der Waals surface area contributed by atoms with E-state index in [4.69, 9.17) is 0 Å². The van der Waals surface area contributed by atoms with Crippen molar-refractivity contribution in [3.63, 3.8) is 0 Å². The van der Waals surface area contributed by atoms with Crippen LogP contribution in [0.2, 0.25) is 0 Å². The Morgan fingerprint density at radius 3 is 2.43 bits per heavy atom. The molecule has 4 heteroatoms. The van der Waals surface area contributed by atoms with Gasteiger partial charge in [-0.2, -0.15) is 0 Å². The maximum absolute atomic E-state index is 12.2. The number of hydrogen-bond donors (Lipinski definition) is 2. The molecule has 21 heavy (non-hydrogen) atoms. The predicted octanol–water partition coefficient (Wildman–Crippen LogP) is 2.53. The number of rotatable bonds is 9. The van der Waals surface area contributed by atoms with E-state index >= 15 is 0 Å². The van der Waals surface area contributed by atoms with E-state index in [0.29, 0.717) is 12.1 Å². The molecule has 1 atom stereocenters. The van der Waals surface area contributed by atoms with Crippen LogP contribution in [0.25, 0.3) is 0 Å². The average Bonchev–Trinajstić information content (AvgIpc) is 2.51. The first-order chi connectivity index (χ1) is 10.1. The molecular formula is C17H35N3O. The SMILES string of the molecule is CCCCCNC(=O)C(C)N(C)C1CCC(NCC)CC1. The Morgan fingerprint density at radius 2 is 1.86 bits per heavy atom. The van der Waals surface area contributed by atoms with Crippen molar-refractivity contribution in [2.75, 3.05) is 20.1 Å². The van der Waals surface area contributed by atoms with Gasteiger partial charge in [0.25, 0.3) is 0 Å². The van der Waals surface area contributed by atoms with Crippen LogP contribution < -0.4 is 10.6 Å². The lowest BCUT2D eigenvalue weighted by Crippen LogP contribution is -2.50. The summed E-state index contributed by atoms with van der Waals surface area (Å²) in [5.41, 5.74) is 0. The zero-order valence-electron chi connectivity index (χ0n) is 14.5. The first kappa shape index (κ1) is 18.4. The molecule has 1 unspecified atom stereocenters. The average molecular weight is 297 g/mol. The highest BCUT2D eigenvalue weighted by Crippen LogP contribution is 2.23. The molecule has 0 aromatic carbocycles. The first-order valence-corrected chi connectivity index (χ1v) is 8.83. The molecule has 0 spiro atoms. The highest BCUT2D eigenvalue weighted by atomic mass is 16.2. The minimum absolute atomic E-state index is 0.0210. The van der Waals surface area contributed by atoms with Gasteiger partial charge >= 0.3 is 0 Å². The molecule has 124 valence electrons. The molecule has 1 aliphatic carbocycles. The van der Waals surface area contributed by atoms with Crippen molar-refractivity contribution in [2.24, 2.45) is 0 Å². The monoisotopic (exact) mass is 297 g/mol. The van der Waals surface area contributed by atoms with Gasteiger partial charge in [-0.05, 0) is 52.6 Å². The van der Waals surface area contributed by atoms with Crippen LogP contribution in [0.4, 0.5) is 0 Å². The van der Waals surface area contributed by atoms with Gasteiger partial charge in [0, 0.05) is 18.6 Å². The van der Waals surface area contributed by atoms with Crippen LogP contribution in [-0.2, 0) is 4.79 Å². The fraction of sp³-hybridized carbons (Fsp3) is 0.941. The Labute approximate surface area is 131 Å². The van der Waals surface area contributed by atoms with Gasteiger partial charge in [0.1, 0.15) is 0 Å². The number of carbonyl (C=O) groups is 1. The summed E-state index contributed by atoms with van der Waals surface area (Å²) in [6.45, 7) is 8.26. The maximum Gasteiger partial charge on any atom is 0.237 e. The van der Waals surface area contributed by atoms with Gasteiger partial charge in [0.15, 0.2) is 0 Å². The van der Waals surface area contributed by atoms with Gasteiger partial charge in [-0.25, -0.2) is 0 Å². The zero-order valence-corrected chi connectivity index (χ0v) is 14.5. The first-order valence-electron chi connectivity index (χ1n) is 8.83. The van der Waals surface area contributed by atoms with E-state index in [1.165, 1.54) is 38.5 Å². The maximum atomic E-state index is 12.2. The third-order valence-corrected chi connectivity index (χ3v) is 4.84. The Morgan fingerprint density at radius 1 is 1.19 bits per heavy atom. The zero-order chi connectivity index (χ0) is 15.7. The van der Waals surface area contributed by atoms with Gasteiger partial charge in [0.2, 0.25) is 5.91 Å². The molecule has 0 heterocycles. The lowest BCUT2D eigenvalue weighted by atomic mass is 9.89. The Kier molecular flexibility index (Phi) is 8.93. The van der Waals surface area contributed by atoms with Crippen molar-refractivity contribution in [1.82, 2.24) is 15.5 Å². The van der Waals surface area contributed by atoms with Gasteiger partial charge < -0.3 is 10.6 Å². The van der Waals surface area contributed by atoms with E-state index in [2.05, 4.69) is 36.4 Å². The Balaban J connectivity index is 2.30. The number of likely N-dealkylation sites (N-methyl/N-ethyl adjacent to an activating group) is 1. The number of amides is 1. The third-order valence-electron chi connectivity index (χ3n) is 4.84. The second-order valence-electron chi connectivity index (χ2n) is 6.40. The molecule has 0 aromatic rings. The molecule has 1 rings (SSSR count). The smallest absolute Gasteiger partial charge is 0.237 e. The van der Waals surface area contributed by atoms with E-state index in [1.54, 1.807) is 0 Å². The van der Waals surface area contributed by atoms with Crippen molar-refractivity contribution in [2.45, 2.75) is 83.8 Å². The lowest BCUT2D eigenvalue weighted by Gasteiger charge is -2.37. The number of carbonyl (C=O) groups excluding carboxylic acids is 1. The van der Waals surface area contributed by atoms with E-state index in [9.17, 15) is 4.79 Å². The number of hydrogen-bond acceptors (Lipinski definition) is 3. The van der Waals surface area contributed by atoms with Crippen LogP contribution in [0.5, 0.6) is 0 Å². The molecule has 0 saturated heterocycles. The van der Waals surface area contributed by atoms with Crippen LogP contribution in [0.1, 0.15) is 65.7 Å². The molecule has 0 aromatic heterocycles. The molecular weight excluding hydrogens is 262 g/mol. The van der Waals surface area contributed by atoms with Crippen LogP contribution >= 0.6 is 0 Å². The summed E-state index contributed by atoms with van der Waals surface area (Å²) in [6.07, 6.45) is 8.33. The molecule has 1 fully saturated rings. The lowest BCUT2D eigenvalue weighted by molar-refractivity contribution is -0.126. The van der Waals surface area contributed by atoms with Crippen molar-refractivity contribution in [3.05, 3.63) is 0 Å². The van der Waals surface area contributed by atoms with Crippen LogP contribution in [0.15, 0.2) is 0 Å². The highest BCUT2D eigenvalue weighted by molar-refractivity contribution is 5.81. The molecule has 0 aliphatic heterocycles. The topological polar surface area (TPSA) is 44.4 Å². The summed E-state index contributed by atoms with van der Waals surface area (Å²) in [4.78, 5) is 14.5. The molecule has 4 nitrogen and oxygen atoms in total. The largest absolute Gasteiger partial charge is 0.355 e. The summed E-state index contributed by atoms with van der Waals surface area (Å²) in [6, 6.07) is 1.21. The van der Waals surface area contributed by atoms with Gasteiger partial charge in [0.05, 0.1) is 6.04 Å². The number of nitrogens with zero attached hydrogens (tertiary/aromatic N) is 1. The van der Waals surface area contributed by atoms with Gasteiger partial charge in [-0.1, -0.05) is 26.7 Å². The predicted molar refractivity (Wildman–Crippen MR) is 89.5 cm³/mol. The second-order valence-corrected chi connectivity index (χ2v) is 6.40. The standard InChI is InChI=1S/C17H35N3O/c1-5-7-8-13-19-17(21)14(3)20(4)16-11-9-15(10-12-16)18-6-2/h14-16,18H,5-13H2,1-4H3,(H,19,21). The van der Waals surface area contributed by atoms with Crippen LogP contribution in [0.3, 0.4) is 0 Å². The minimum Gasteiger partial charge on any atom is -0.355 e. The van der Waals surface area contributed by atoms with Crippen molar-refractivity contribution in [3.8, 4) is 0 Å². The second kappa shape index (κ2) is 10.2. The third kappa shape index (κ3) is 6.35. The summed E-state index contributed by atoms with van der Waals surface area (Å²) >= 11 is 0. The normalized spacial score (nSPS) is 24.0. The fourth-order valence-electron chi connectivity index (χ4n) is 3.21. The molecule has 0 bridgehead atoms. The van der Waals surface area contributed by atoms with Crippen molar-refractivity contribution < 1.29 is 4.79 Å². The quantitative estimate of drug-likeness (QED) is 0.643. The van der Waals surface area contributed by atoms with Crippen LogP contribution in [-0.4, -0.2) is 49.1 Å². The molecule has 0 radical (unpaired) electrons. The molecule has 1 aliphatic rings. The van der Waals surface area contributed by atoms with Crippen LogP contribution in [0, 0.1) is 0 Å². The van der Waals surface area contributed by atoms with E-state index in [-0.39, 0.29) is 11.9 Å². The molecule has 1 amide bonds. The van der Waals surface area contributed by atoms with Gasteiger partial charge in [-0.15, -0.1) is 0 Å². The number of nitrogens with one attached hydrogen (secondary N) is 2. The van der Waals surface area contributed by atoms with E-state index in [1.807, 2.05) is 6.92 Å². The van der Waals surface area contributed by atoms with Crippen molar-refractivity contribution >= 4 is 5.91 Å². The fourth-order valence-corrected chi connectivity index (χ4v) is 3.21. The van der Waals surface area contributed by atoms with Crippen molar-refractivity contribution in [1.29, 1.82) is 0 Å². The van der Waals surface area contributed by atoms with E-state index < -0.39 is 0 Å². The molecule has 1 saturated carbocycles. The summed E-state index contributed by atoms with van der Waals surface area (Å²) < 4.78 is 0. The summed E-state index contributed by atoms with van der Waals surface area (Å²) in [5, 5.41) is 6.61. The van der Waals surface area contributed by atoms with Gasteiger partial charge in [-0.3, -0.25) is 9.69 Å². The minimum atomic E-state index is -0.0210. The number of unbranched alkanes of at least 4 members (excludes halogenated alkanes) is 2. The summed E-state index contributed by atoms with van der Waals surface area (Å²) in [7, 11) is 2.11. The Bertz CT molecular complexity index is 288. The van der Waals surface area contributed by atoms with E-state index in [0.717, 1.165) is 19.5 Å². The Hall–Kier alpha value is -0.610. The highest BCUT2D eigenvalue weighted by Gasteiger charge is 2.28. The summed E-state index contributed by atoms with van der Waals surface area (Å²) in [5.74, 6) is 0.183.